The van der Waals surface area contributed by atoms with Gasteiger partial charge >= 0.3 is 0 Å². The average Bonchev–Trinajstić information content (AvgIpc) is 2.54. The highest BCUT2D eigenvalue weighted by molar-refractivity contribution is 7.80. The first-order valence-corrected chi connectivity index (χ1v) is 7.01. The molecule has 0 amide bonds. The Morgan fingerprint density at radius 2 is 1.82 bits per heavy atom. The van der Waals surface area contributed by atoms with E-state index in [0.717, 1.165) is 11.3 Å². The van der Waals surface area contributed by atoms with E-state index in [1.165, 1.54) is 12.1 Å². The Bertz CT molecular complexity index is 686. The molecule has 0 atom stereocenters. The third-order valence-corrected chi connectivity index (χ3v) is 3.14. The van der Waals surface area contributed by atoms with E-state index in [-0.39, 0.29) is 5.82 Å². The molecule has 0 unspecified atom stereocenters. The summed E-state index contributed by atoms with van der Waals surface area (Å²) in [6.07, 6.45) is 0. The predicted octanol–water partition coefficient (Wildman–Crippen LogP) is 3.54. The molecule has 2 aromatic carbocycles. The molecule has 0 aliphatic carbocycles. The lowest BCUT2D eigenvalue weighted by molar-refractivity contribution is 0.417. The maximum absolute atomic E-state index is 12.9. The summed E-state index contributed by atoms with van der Waals surface area (Å²) in [5.74, 6) is 0.406. The van der Waals surface area contributed by atoms with Crippen molar-refractivity contribution in [2.45, 2.75) is 6.92 Å². The van der Waals surface area contributed by atoms with E-state index in [2.05, 4.69) is 15.8 Å². The second-order valence-corrected chi connectivity index (χ2v) is 4.88. The fourth-order valence-electron chi connectivity index (χ4n) is 1.79. The van der Waals surface area contributed by atoms with Gasteiger partial charge < -0.3 is 10.1 Å². The van der Waals surface area contributed by atoms with Gasteiger partial charge in [-0.3, -0.25) is 5.43 Å². The summed E-state index contributed by atoms with van der Waals surface area (Å²) < 4.78 is 18.1. The van der Waals surface area contributed by atoms with Gasteiger partial charge in [-0.1, -0.05) is 24.3 Å². The molecule has 0 spiro atoms. The average molecular weight is 317 g/mol. The molecule has 2 rings (SSSR count). The summed E-state index contributed by atoms with van der Waals surface area (Å²) >= 11 is 5.19. The van der Waals surface area contributed by atoms with Crippen LogP contribution < -0.4 is 15.5 Å². The number of halogens is 1. The SMILES string of the molecule is COc1ccccc1NC(=S)N/N=C(/C)c1ccc(F)cc1. The lowest BCUT2D eigenvalue weighted by Gasteiger charge is -2.11. The highest BCUT2D eigenvalue weighted by Gasteiger charge is 2.03. The van der Waals surface area contributed by atoms with Crippen LogP contribution in [-0.4, -0.2) is 17.9 Å². The van der Waals surface area contributed by atoms with Gasteiger partial charge in [0.25, 0.3) is 0 Å². The zero-order valence-electron chi connectivity index (χ0n) is 12.3. The van der Waals surface area contributed by atoms with Gasteiger partial charge in [0.1, 0.15) is 11.6 Å². The number of hydrogen-bond acceptors (Lipinski definition) is 3. The van der Waals surface area contributed by atoms with Crippen molar-refractivity contribution in [2.75, 3.05) is 12.4 Å². The first kappa shape index (κ1) is 15.9. The van der Waals surface area contributed by atoms with Crippen molar-refractivity contribution in [3.05, 3.63) is 59.9 Å². The van der Waals surface area contributed by atoms with Crippen molar-refractivity contribution >= 4 is 28.7 Å². The number of hydrazone groups is 1. The lowest BCUT2D eigenvalue weighted by atomic mass is 10.1. The van der Waals surface area contributed by atoms with E-state index in [9.17, 15) is 4.39 Å². The summed E-state index contributed by atoms with van der Waals surface area (Å²) in [6, 6.07) is 13.5. The quantitative estimate of drug-likeness (QED) is 0.514. The molecule has 0 fully saturated rings. The molecular formula is C16H16FN3OS. The van der Waals surface area contributed by atoms with Crippen LogP contribution in [0.2, 0.25) is 0 Å². The van der Waals surface area contributed by atoms with Gasteiger partial charge in [-0.15, -0.1) is 0 Å². The lowest BCUT2D eigenvalue weighted by Crippen LogP contribution is -2.25. The predicted molar refractivity (Wildman–Crippen MR) is 91.0 cm³/mol. The molecule has 0 radical (unpaired) electrons. The highest BCUT2D eigenvalue weighted by Crippen LogP contribution is 2.22. The minimum absolute atomic E-state index is 0.280. The van der Waals surface area contributed by atoms with Crippen molar-refractivity contribution < 1.29 is 9.13 Å². The molecule has 0 aliphatic rings. The first-order chi connectivity index (χ1) is 10.6. The molecule has 4 nitrogen and oxygen atoms in total. The van der Waals surface area contributed by atoms with Gasteiger partial charge in [0.05, 0.1) is 18.5 Å². The van der Waals surface area contributed by atoms with Crippen molar-refractivity contribution in [2.24, 2.45) is 5.10 Å². The monoisotopic (exact) mass is 317 g/mol. The Labute approximate surface area is 134 Å². The molecule has 0 aromatic heterocycles. The maximum Gasteiger partial charge on any atom is 0.191 e. The molecule has 114 valence electrons. The second-order valence-electron chi connectivity index (χ2n) is 4.47. The molecule has 2 N–H and O–H groups in total. The number of methoxy groups -OCH3 is 1. The summed E-state index contributed by atoms with van der Waals surface area (Å²) in [5, 5.41) is 7.52. The minimum Gasteiger partial charge on any atom is -0.495 e. The zero-order valence-corrected chi connectivity index (χ0v) is 13.1. The number of ether oxygens (including phenoxy) is 1. The molecule has 22 heavy (non-hydrogen) atoms. The number of benzene rings is 2. The number of anilines is 1. The molecule has 0 heterocycles. The fourth-order valence-corrected chi connectivity index (χ4v) is 1.94. The Kier molecular flexibility index (Phi) is 5.43. The van der Waals surface area contributed by atoms with Crippen LogP contribution in [0.4, 0.5) is 10.1 Å². The van der Waals surface area contributed by atoms with Gasteiger partial charge in [0, 0.05) is 0 Å². The van der Waals surface area contributed by atoms with Gasteiger partial charge in [0.15, 0.2) is 5.11 Å². The molecule has 0 saturated carbocycles. The normalized spacial score (nSPS) is 11.0. The van der Waals surface area contributed by atoms with Crippen LogP contribution in [0.15, 0.2) is 53.6 Å². The Balaban J connectivity index is 2.00. The fraction of sp³-hybridized carbons (Fsp3) is 0.125. The van der Waals surface area contributed by atoms with E-state index in [0.29, 0.717) is 16.6 Å². The first-order valence-electron chi connectivity index (χ1n) is 6.60. The molecular weight excluding hydrogens is 301 g/mol. The van der Waals surface area contributed by atoms with Crippen molar-refractivity contribution in [1.82, 2.24) is 5.43 Å². The third-order valence-electron chi connectivity index (χ3n) is 2.94. The minimum atomic E-state index is -0.280. The van der Waals surface area contributed by atoms with Crippen molar-refractivity contribution in [3.63, 3.8) is 0 Å². The Hall–Kier alpha value is -2.47. The number of para-hydroxylation sites is 2. The van der Waals surface area contributed by atoms with Crippen LogP contribution in [0, 0.1) is 5.82 Å². The summed E-state index contributed by atoms with van der Waals surface area (Å²) in [6.45, 7) is 1.81. The largest absolute Gasteiger partial charge is 0.495 e. The van der Waals surface area contributed by atoms with Gasteiger partial charge in [0.2, 0.25) is 0 Å². The number of nitrogens with one attached hydrogen (secondary N) is 2. The summed E-state index contributed by atoms with van der Waals surface area (Å²) in [5.41, 5.74) is 5.01. The summed E-state index contributed by atoms with van der Waals surface area (Å²) in [7, 11) is 1.59. The van der Waals surface area contributed by atoms with Gasteiger partial charge in [-0.2, -0.15) is 5.10 Å². The molecule has 0 bridgehead atoms. The van der Waals surface area contributed by atoms with E-state index in [1.807, 2.05) is 31.2 Å². The Morgan fingerprint density at radius 1 is 1.14 bits per heavy atom. The number of hydrogen-bond donors (Lipinski definition) is 2. The van der Waals surface area contributed by atoms with E-state index in [4.69, 9.17) is 17.0 Å². The standard InChI is InChI=1S/C16H16FN3OS/c1-11(12-7-9-13(17)10-8-12)19-20-16(22)18-14-5-3-4-6-15(14)21-2/h3-10H,1-2H3,(H2,18,20,22)/b19-11-. The van der Waals surface area contributed by atoms with E-state index in [1.54, 1.807) is 19.2 Å². The van der Waals surface area contributed by atoms with Crippen LogP contribution >= 0.6 is 12.2 Å². The molecule has 0 saturated heterocycles. The van der Waals surface area contributed by atoms with Crippen molar-refractivity contribution in [3.8, 4) is 5.75 Å². The zero-order chi connectivity index (χ0) is 15.9. The molecule has 2 aromatic rings. The highest BCUT2D eigenvalue weighted by atomic mass is 32.1. The van der Waals surface area contributed by atoms with Crippen LogP contribution in [0.1, 0.15) is 12.5 Å². The van der Waals surface area contributed by atoms with Gasteiger partial charge in [-0.05, 0) is 49.0 Å². The maximum atomic E-state index is 12.9. The summed E-state index contributed by atoms with van der Waals surface area (Å²) in [4.78, 5) is 0. The number of rotatable bonds is 4. The Morgan fingerprint density at radius 3 is 2.50 bits per heavy atom. The van der Waals surface area contributed by atoms with Crippen LogP contribution in [-0.2, 0) is 0 Å². The smallest absolute Gasteiger partial charge is 0.191 e. The van der Waals surface area contributed by atoms with E-state index < -0.39 is 0 Å². The van der Waals surface area contributed by atoms with E-state index >= 15 is 0 Å². The van der Waals surface area contributed by atoms with Crippen molar-refractivity contribution in [1.29, 1.82) is 0 Å². The third kappa shape index (κ3) is 4.26. The molecule has 6 heteroatoms. The van der Waals surface area contributed by atoms with Gasteiger partial charge in [-0.25, -0.2) is 4.39 Å². The van der Waals surface area contributed by atoms with Crippen LogP contribution in [0.25, 0.3) is 0 Å². The van der Waals surface area contributed by atoms with Crippen LogP contribution in [0.3, 0.4) is 0 Å². The number of thiocarbonyl (C=S) groups is 1. The number of nitrogens with zero attached hydrogens (tertiary/aromatic N) is 1. The van der Waals surface area contributed by atoms with Crippen LogP contribution in [0.5, 0.6) is 5.75 Å². The topological polar surface area (TPSA) is 45.6 Å². The molecule has 0 aliphatic heterocycles. The second kappa shape index (κ2) is 7.51.